The Morgan fingerprint density at radius 2 is 1.87 bits per heavy atom. The summed E-state index contributed by atoms with van der Waals surface area (Å²) in [6.45, 7) is 10.7. The van der Waals surface area contributed by atoms with Crippen LogP contribution in [0.3, 0.4) is 0 Å². The first-order valence-electron chi connectivity index (χ1n) is 15.1. The number of hydrogen-bond donors (Lipinski definition) is 1. The summed E-state index contributed by atoms with van der Waals surface area (Å²) in [6, 6.07) is 8.81. The van der Waals surface area contributed by atoms with E-state index in [1.807, 2.05) is 6.92 Å². The Morgan fingerprint density at radius 1 is 1.09 bits per heavy atom. The van der Waals surface area contributed by atoms with Crippen molar-refractivity contribution in [1.82, 2.24) is 4.98 Å². The van der Waals surface area contributed by atoms with Gasteiger partial charge < -0.3 is 28.8 Å². The fraction of sp³-hybridized carbons (Fsp3) is 0.353. The number of ether oxygens (including phenoxy) is 5. The number of aliphatic hydroxyl groups excluding tert-OH is 1. The van der Waals surface area contributed by atoms with E-state index in [2.05, 4.69) is 18.5 Å². The molecule has 2 aliphatic heterocycles. The summed E-state index contributed by atoms with van der Waals surface area (Å²) in [5.41, 5.74) is 0.889. The van der Waals surface area contributed by atoms with Crippen LogP contribution >= 0.6 is 11.3 Å². The van der Waals surface area contributed by atoms with E-state index in [0.717, 1.165) is 30.6 Å². The summed E-state index contributed by atoms with van der Waals surface area (Å²) < 4.78 is 28.4. The van der Waals surface area contributed by atoms with Gasteiger partial charge in [-0.25, -0.2) is 9.78 Å². The number of benzene rings is 2. The zero-order valence-electron chi connectivity index (χ0n) is 26.0. The molecule has 0 radical (unpaired) electrons. The van der Waals surface area contributed by atoms with Crippen LogP contribution in [0.4, 0.5) is 5.13 Å². The lowest BCUT2D eigenvalue weighted by Crippen LogP contribution is -2.29. The van der Waals surface area contributed by atoms with Gasteiger partial charge in [-0.1, -0.05) is 49.8 Å². The van der Waals surface area contributed by atoms with Gasteiger partial charge >= 0.3 is 11.9 Å². The SMILES string of the molecule is C=CCOC(=O)c1sc(N2C(=O)C(=O)C(=C(O)c3ccc4c(c3)OCCO4)[C@H]2c2ccc(OCCCCC)c(OCC)c2)nc1C. The second-order valence-electron chi connectivity index (χ2n) is 10.5. The number of rotatable bonds is 13. The van der Waals surface area contributed by atoms with Crippen LogP contribution in [-0.4, -0.2) is 60.8 Å². The van der Waals surface area contributed by atoms with Crippen LogP contribution in [0.5, 0.6) is 23.0 Å². The zero-order valence-corrected chi connectivity index (χ0v) is 26.8. The summed E-state index contributed by atoms with van der Waals surface area (Å²) in [7, 11) is 0. The highest BCUT2D eigenvalue weighted by molar-refractivity contribution is 7.17. The lowest BCUT2D eigenvalue weighted by molar-refractivity contribution is -0.132. The van der Waals surface area contributed by atoms with Crippen LogP contribution < -0.4 is 23.8 Å². The molecule has 1 fully saturated rings. The molecule has 1 N–H and O–H groups in total. The van der Waals surface area contributed by atoms with Crippen LogP contribution in [0.25, 0.3) is 5.76 Å². The Hall–Kier alpha value is -4.84. The van der Waals surface area contributed by atoms with Crippen molar-refractivity contribution in [3.63, 3.8) is 0 Å². The van der Waals surface area contributed by atoms with E-state index in [-0.39, 0.29) is 27.8 Å². The van der Waals surface area contributed by atoms with E-state index in [4.69, 9.17) is 23.7 Å². The predicted molar refractivity (Wildman–Crippen MR) is 172 cm³/mol. The molecular formula is C34H36N2O9S. The van der Waals surface area contributed by atoms with Crippen LogP contribution in [0.1, 0.15) is 65.6 Å². The van der Waals surface area contributed by atoms with Crippen LogP contribution in [-0.2, 0) is 14.3 Å². The molecule has 0 spiro atoms. The fourth-order valence-corrected chi connectivity index (χ4v) is 6.17. The van der Waals surface area contributed by atoms with Gasteiger partial charge in [0.25, 0.3) is 5.78 Å². The number of hydrogen-bond acceptors (Lipinski definition) is 11. The van der Waals surface area contributed by atoms with Crippen molar-refractivity contribution >= 4 is 39.9 Å². The number of nitrogens with zero attached hydrogens (tertiary/aromatic N) is 2. The van der Waals surface area contributed by atoms with Gasteiger partial charge in [0, 0.05) is 5.56 Å². The maximum Gasteiger partial charge on any atom is 0.350 e. The fourth-order valence-electron chi connectivity index (χ4n) is 5.18. The number of aromatic nitrogens is 1. The Labute approximate surface area is 271 Å². The summed E-state index contributed by atoms with van der Waals surface area (Å²) >= 11 is 0.917. The number of unbranched alkanes of at least 4 members (excludes halogenated alkanes) is 2. The van der Waals surface area contributed by atoms with Gasteiger partial charge in [-0.2, -0.15) is 0 Å². The summed E-state index contributed by atoms with van der Waals surface area (Å²) in [6.07, 6.45) is 4.39. The molecule has 1 saturated heterocycles. The third-order valence-corrected chi connectivity index (χ3v) is 8.49. The Balaban J connectivity index is 1.64. The number of anilines is 1. The van der Waals surface area contributed by atoms with E-state index in [0.29, 0.717) is 60.7 Å². The molecule has 11 nitrogen and oxygen atoms in total. The first-order chi connectivity index (χ1) is 22.3. The summed E-state index contributed by atoms with van der Waals surface area (Å²) in [4.78, 5) is 46.2. The quantitative estimate of drug-likeness (QED) is 0.0574. The lowest BCUT2D eigenvalue weighted by atomic mass is 9.95. The van der Waals surface area contributed by atoms with Crippen molar-refractivity contribution in [3.05, 3.63) is 76.3 Å². The molecule has 46 heavy (non-hydrogen) atoms. The normalized spacial score (nSPS) is 16.8. The summed E-state index contributed by atoms with van der Waals surface area (Å²) in [5.74, 6) is -1.02. The van der Waals surface area contributed by atoms with Gasteiger partial charge in [0.15, 0.2) is 28.1 Å². The van der Waals surface area contributed by atoms with Crippen molar-refractivity contribution in [3.8, 4) is 23.0 Å². The standard InChI is InChI=1S/C34H36N2O9S/c1-5-8-9-15-42-23-12-10-21(18-25(23)41-7-3)28-27(29(37)22-11-13-24-26(19-22)44-17-16-43-24)30(38)32(39)36(28)34-35-20(4)31(46-34)33(40)45-14-6-2/h6,10-13,18-19,28,37H,2,5,7-9,14-17H2,1,3-4H3/t28-/m1/s1. The van der Waals surface area contributed by atoms with E-state index >= 15 is 0 Å². The van der Waals surface area contributed by atoms with Gasteiger partial charge in [-0.3, -0.25) is 14.5 Å². The largest absolute Gasteiger partial charge is 0.507 e. The molecule has 3 heterocycles. The lowest BCUT2D eigenvalue weighted by Gasteiger charge is -2.24. The Bertz CT molecular complexity index is 1680. The first-order valence-corrected chi connectivity index (χ1v) is 16.0. The van der Waals surface area contributed by atoms with E-state index in [1.54, 1.807) is 43.3 Å². The van der Waals surface area contributed by atoms with Gasteiger partial charge in [0.05, 0.1) is 30.5 Å². The third-order valence-electron chi connectivity index (χ3n) is 7.36. The molecule has 3 aromatic rings. The number of fused-ring (bicyclic) bond motifs is 1. The molecule has 242 valence electrons. The van der Waals surface area contributed by atoms with Gasteiger partial charge in [-0.15, -0.1) is 0 Å². The first kappa shape index (κ1) is 32.6. The number of thiazole rings is 1. The molecule has 2 aliphatic rings. The molecule has 1 atom stereocenters. The molecule has 0 bridgehead atoms. The molecule has 0 saturated carbocycles. The van der Waals surface area contributed by atoms with Crippen molar-refractivity contribution < 1.29 is 43.2 Å². The highest BCUT2D eigenvalue weighted by Crippen LogP contribution is 2.46. The number of amides is 1. The molecular weight excluding hydrogens is 612 g/mol. The highest BCUT2D eigenvalue weighted by atomic mass is 32.1. The minimum absolute atomic E-state index is 0.00137. The van der Waals surface area contributed by atoms with Gasteiger partial charge in [-0.05, 0) is 56.2 Å². The number of ketones is 1. The number of carbonyl (C=O) groups excluding carboxylic acids is 3. The molecule has 2 aromatic carbocycles. The number of carbonyl (C=O) groups is 3. The van der Waals surface area contributed by atoms with Crippen molar-refractivity contribution in [2.45, 2.75) is 46.1 Å². The summed E-state index contributed by atoms with van der Waals surface area (Å²) in [5, 5.41) is 11.8. The predicted octanol–water partition coefficient (Wildman–Crippen LogP) is 6.16. The second-order valence-corrected chi connectivity index (χ2v) is 11.5. The third kappa shape index (κ3) is 6.57. The molecule has 12 heteroatoms. The van der Waals surface area contributed by atoms with Crippen molar-refractivity contribution in [2.24, 2.45) is 0 Å². The smallest absolute Gasteiger partial charge is 0.350 e. The minimum Gasteiger partial charge on any atom is -0.507 e. The number of esters is 1. The van der Waals surface area contributed by atoms with Gasteiger partial charge in [0.1, 0.15) is 30.5 Å². The van der Waals surface area contributed by atoms with Crippen LogP contribution in [0.15, 0.2) is 54.6 Å². The number of aliphatic hydroxyl groups is 1. The number of aryl methyl sites for hydroxylation is 1. The number of Topliss-reactive ketones (excluding diaryl/α,β-unsaturated/α-hetero) is 1. The Kier molecular flexibility index (Phi) is 10.3. The average molecular weight is 649 g/mol. The molecule has 1 aromatic heterocycles. The minimum atomic E-state index is -1.12. The van der Waals surface area contributed by atoms with Gasteiger partial charge in [0.2, 0.25) is 0 Å². The molecule has 0 unspecified atom stereocenters. The average Bonchev–Trinajstić information content (AvgIpc) is 3.57. The Morgan fingerprint density at radius 3 is 2.61 bits per heavy atom. The molecule has 1 amide bonds. The van der Waals surface area contributed by atoms with E-state index < -0.39 is 29.5 Å². The maximum atomic E-state index is 13.8. The molecule has 0 aliphatic carbocycles. The van der Waals surface area contributed by atoms with Crippen molar-refractivity contribution in [1.29, 1.82) is 0 Å². The zero-order chi connectivity index (χ0) is 32.8. The van der Waals surface area contributed by atoms with Crippen molar-refractivity contribution in [2.75, 3.05) is 37.9 Å². The monoisotopic (exact) mass is 648 g/mol. The van der Waals surface area contributed by atoms with E-state index in [1.165, 1.54) is 11.0 Å². The van der Waals surface area contributed by atoms with Crippen LogP contribution in [0, 0.1) is 6.92 Å². The second kappa shape index (κ2) is 14.5. The van der Waals surface area contributed by atoms with E-state index in [9.17, 15) is 19.5 Å². The highest BCUT2D eigenvalue weighted by Gasteiger charge is 2.49. The maximum absolute atomic E-state index is 13.8. The van der Waals surface area contributed by atoms with Crippen LogP contribution in [0.2, 0.25) is 0 Å². The topological polar surface area (TPSA) is 134 Å². The molecule has 5 rings (SSSR count).